The Balaban J connectivity index is 1.56. The van der Waals surface area contributed by atoms with Crippen LogP contribution in [0.25, 0.3) is 0 Å². The Labute approximate surface area is 233 Å². The van der Waals surface area contributed by atoms with Crippen molar-refractivity contribution in [2.24, 2.45) is 0 Å². The summed E-state index contributed by atoms with van der Waals surface area (Å²) in [6.45, 7) is 2.49. The topological polar surface area (TPSA) is 49.4 Å². The van der Waals surface area contributed by atoms with Gasteiger partial charge in [-0.1, -0.05) is 95.5 Å². The van der Waals surface area contributed by atoms with Gasteiger partial charge in [0, 0.05) is 29.2 Å². The summed E-state index contributed by atoms with van der Waals surface area (Å²) in [6.07, 6.45) is 4.80. The third kappa shape index (κ3) is 8.21. The second-order valence-electron chi connectivity index (χ2n) is 9.76. The molecule has 1 saturated carbocycles. The van der Waals surface area contributed by atoms with Gasteiger partial charge >= 0.3 is 0 Å². The summed E-state index contributed by atoms with van der Waals surface area (Å²) in [5.74, 6) is 1.03. The highest BCUT2D eigenvalue weighted by atomic mass is 79.9. The van der Waals surface area contributed by atoms with Gasteiger partial charge < -0.3 is 10.2 Å². The number of nitrogens with one attached hydrogen (secondary N) is 1. The number of hydrogen-bond acceptors (Lipinski definition) is 3. The standard InChI is InChI=1S/C31H35BrN2O2S/c1-23-9-5-6-12-26(23)21-37-22-30(35)34(20-25-15-17-27(32)18-16-25)29(19-24-10-3-2-4-11-24)31(36)33-28-13-7-8-14-28/h2-6,9-12,15-18,28-29H,7-8,13-14,19-22H2,1H3,(H,33,36)/t29-/m1/s1. The second-order valence-corrected chi connectivity index (χ2v) is 11.7. The first-order valence-corrected chi connectivity index (χ1v) is 14.9. The van der Waals surface area contributed by atoms with Gasteiger partial charge in [0.15, 0.2) is 0 Å². The summed E-state index contributed by atoms with van der Waals surface area (Å²) < 4.78 is 0.989. The quantitative estimate of drug-likeness (QED) is 0.276. The van der Waals surface area contributed by atoms with Gasteiger partial charge in [-0.3, -0.25) is 9.59 Å². The maximum absolute atomic E-state index is 13.8. The number of thioether (sulfide) groups is 1. The van der Waals surface area contributed by atoms with E-state index in [1.165, 1.54) is 11.1 Å². The summed E-state index contributed by atoms with van der Waals surface area (Å²) in [5.41, 5.74) is 4.52. The van der Waals surface area contributed by atoms with Crippen LogP contribution in [0.1, 0.15) is 47.9 Å². The molecule has 0 aromatic heterocycles. The number of carbonyl (C=O) groups is 2. The number of rotatable bonds is 11. The molecule has 4 rings (SSSR count). The van der Waals surface area contributed by atoms with E-state index in [4.69, 9.17) is 0 Å². The third-order valence-corrected chi connectivity index (χ3v) is 8.48. The summed E-state index contributed by atoms with van der Waals surface area (Å²) >= 11 is 5.11. The average molecular weight is 580 g/mol. The van der Waals surface area contributed by atoms with Crippen LogP contribution < -0.4 is 5.32 Å². The summed E-state index contributed by atoms with van der Waals surface area (Å²) in [4.78, 5) is 29.3. The molecule has 1 atom stereocenters. The molecule has 4 nitrogen and oxygen atoms in total. The molecule has 1 fully saturated rings. The molecule has 0 unspecified atom stereocenters. The third-order valence-electron chi connectivity index (χ3n) is 6.98. The highest BCUT2D eigenvalue weighted by molar-refractivity contribution is 9.10. The molecular formula is C31H35BrN2O2S. The molecule has 37 heavy (non-hydrogen) atoms. The summed E-state index contributed by atoms with van der Waals surface area (Å²) in [5, 5.41) is 3.27. The Morgan fingerprint density at radius 3 is 2.32 bits per heavy atom. The Kier molecular flexibility index (Phi) is 10.3. The van der Waals surface area contributed by atoms with E-state index in [1.54, 1.807) is 16.7 Å². The van der Waals surface area contributed by atoms with Crippen LogP contribution in [0.2, 0.25) is 0 Å². The molecule has 6 heteroatoms. The van der Waals surface area contributed by atoms with Crippen molar-refractivity contribution in [2.45, 2.75) is 63.4 Å². The zero-order chi connectivity index (χ0) is 26.0. The van der Waals surface area contributed by atoms with Crippen molar-refractivity contribution in [2.75, 3.05) is 5.75 Å². The van der Waals surface area contributed by atoms with Gasteiger partial charge in [-0.05, 0) is 54.2 Å². The molecule has 1 aliphatic rings. The predicted octanol–water partition coefficient (Wildman–Crippen LogP) is 6.69. The van der Waals surface area contributed by atoms with Crippen molar-refractivity contribution in [3.8, 4) is 0 Å². The van der Waals surface area contributed by atoms with E-state index < -0.39 is 6.04 Å². The fraction of sp³-hybridized carbons (Fsp3) is 0.355. The Bertz CT molecular complexity index is 1160. The molecule has 0 spiro atoms. The minimum Gasteiger partial charge on any atom is -0.352 e. The highest BCUT2D eigenvalue weighted by Gasteiger charge is 2.32. The van der Waals surface area contributed by atoms with Crippen LogP contribution in [0.5, 0.6) is 0 Å². The van der Waals surface area contributed by atoms with Crippen LogP contribution >= 0.6 is 27.7 Å². The van der Waals surface area contributed by atoms with Crippen LogP contribution in [0, 0.1) is 6.92 Å². The maximum Gasteiger partial charge on any atom is 0.243 e. The van der Waals surface area contributed by atoms with E-state index in [-0.39, 0.29) is 17.9 Å². The zero-order valence-corrected chi connectivity index (χ0v) is 23.8. The smallest absolute Gasteiger partial charge is 0.243 e. The lowest BCUT2D eigenvalue weighted by molar-refractivity contribution is -0.139. The fourth-order valence-corrected chi connectivity index (χ4v) is 6.06. The van der Waals surface area contributed by atoms with Gasteiger partial charge in [-0.25, -0.2) is 0 Å². The molecule has 0 saturated heterocycles. The number of benzene rings is 3. The lowest BCUT2D eigenvalue weighted by Crippen LogP contribution is -2.52. The van der Waals surface area contributed by atoms with Crippen LogP contribution in [-0.2, 0) is 28.3 Å². The van der Waals surface area contributed by atoms with Gasteiger partial charge in [-0.2, -0.15) is 0 Å². The Morgan fingerprint density at radius 1 is 0.946 bits per heavy atom. The Hall–Kier alpha value is -2.57. The van der Waals surface area contributed by atoms with E-state index in [0.29, 0.717) is 18.7 Å². The number of hydrogen-bond donors (Lipinski definition) is 1. The molecule has 1 aliphatic carbocycles. The van der Waals surface area contributed by atoms with E-state index >= 15 is 0 Å². The van der Waals surface area contributed by atoms with Gasteiger partial charge in [0.05, 0.1) is 5.75 Å². The van der Waals surface area contributed by atoms with Crippen molar-refractivity contribution in [3.63, 3.8) is 0 Å². The SMILES string of the molecule is Cc1ccccc1CSCC(=O)N(Cc1ccc(Br)cc1)[C@H](Cc1ccccc1)C(=O)NC1CCCC1. The first kappa shape index (κ1) is 27.5. The largest absolute Gasteiger partial charge is 0.352 e. The van der Waals surface area contributed by atoms with Crippen molar-refractivity contribution in [1.82, 2.24) is 10.2 Å². The molecule has 0 aliphatic heterocycles. The number of nitrogens with zero attached hydrogens (tertiary/aromatic N) is 1. The first-order chi connectivity index (χ1) is 18.0. The van der Waals surface area contributed by atoms with Gasteiger partial charge in [0.25, 0.3) is 0 Å². The molecular weight excluding hydrogens is 544 g/mol. The normalized spacial score (nSPS) is 14.3. The van der Waals surface area contributed by atoms with Crippen LogP contribution in [-0.4, -0.2) is 34.6 Å². The van der Waals surface area contributed by atoms with Gasteiger partial charge in [0.2, 0.25) is 11.8 Å². The first-order valence-electron chi connectivity index (χ1n) is 13.0. The molecule has 2 amide bonds. The van der Waals surface area contributed by atoms with Gasteiger partial charge in [0.1, 0.15) is 6.04 Å². The molecule has 194 valence electrons. The number of carbonyl (C=O) groups excluding carboxylic acids is 2. The van der Waals surface area contributed by atoms with Crippen molar-refractivity contribution < 1.29 is 9.59 Å². The molecule has 1 N–H and O–H groups in total. The zero-order valence-electron chi connectivity index (χ0n) is 21.4. The summed E-state index contributed by atoms with van der Waals surface area (Å²) in [6, 6.07) is 25.9. The van der Waals surface area contributed by atoms with Crippen molar-refractivity contribution in [3.05, 3.63) is 106 Å². The molecule has 3 aromatic rings. The molecule has 0 bridgehead atoms. The fourth-order valence-electron chi connectivity index (χ4n) is 4.81. The number of amides is 2. The van der Waals surface area contributed by atoms with E-state index in [2.05, 4.69) is 40.3 Å². The maximum atomic E-state index is 13.8. The second kappa shape index (κ2) is 13.8. The van der Waals surface area contributed by atoms with E-state index in [0.717, 1.165) is 47.0 Å². The van der Waals surface area contributed by atoms with Crippen LogP contribution in [0.3, 0.4) is 0 Å². The van der Waals surface area contributed by atoms with E-state index in [9.17, 15) is 9.59 Å². The molecule has 0 radical (unpaired) electrons. The minimum absolute atomic E-state index is 0.0102. The molecule has 0 heterocycles. The highest BCUT2D eigenvalue weighted by Crippen LogP contribution is 2.22. The average Bonchev–Trinajstić information content (AvgIpc) is 3.42. The minimum atomic E-state index is -0.571. The van der Waals surface area contributed by atoms with Crippen LogP contribution in [0.4, 0.5) is 0 Å². The van der Waals surface area contributed by atoms with Crippen molar-refractivity contribution in [1.29, 1.82) is 0 Å². The van der Waals surface area contributed by atoms with Gasteiger partial charge in [-0.15, -0.1) is 11.8 Å². The number of halogens is 1. The van der Waals surface area contributed by atoms with E-state index in [1.807, 2.05) is 66.7 Å². The Morgan fingerprint density at radius 2 is 1.62 bits per heavy atom. The lowest BCUT2D eigenvalue weighted by atomic mass is 10.0. The van der Waals surface area contributed by atoms with Crippen molar-refractivity contribution >= 4 is 39.5 Å². The van der Waals surface area contributed by atoms with Crippen LogP contribution in [0.15, 0.2) is 83.3 Å². The molecule has 3 aromatic carbocycles. The number of aryl methyl sites for hydroxylation is 1. The summed E-state index contributed by atoms with van der Waals surface area (Å²) in [7, 11) is 0. The monoisotopic (exact) mass is 578 g/mol. The lowest BCUT2D eigenvalue weighted by Gasteiger charge is -2.32. The predicted molar refractivity (Wildman–Crippen MR) is 156 cm³/mol.